The number of amides is 2. The molecule has 0 spiro atoms. The van der Waals surface area contributed by atoms with E-state index in [-0.39, 0.29) is 11.8 Å². The molecule has 0 aliphatic rings. The molecule has 0 fully saturated rings. The molecule has 0 aromatic rings. The van der Waals surface area contributed by atoms with Crippen LogP contribution in [0.25, 0.3) is 0 Å². The van der Waals surface area contributed by atoms with Gasteiger partial charge in [0.05, 0.1) is 0 Å². The van der Waals surface area contributed by atoms with Gasteiger partial charge in [0.25, 0.3) is 0 Å². The van der Waals surface area contributed by atoms with Crippen molar-refractivity contribution in [2.45, 2.75) is 19.8 Å². The summed E-state index contributed by atoms with van der Waals surface area (Å²) in [4.78, 5) is 25.8. The summed E-state index contributed by atoms with van der Waals surface area (Å²) in [6, 6.07) is 0. The van der Waals surface area contributed by atoms with Crippen molar-refractivity contribution in [2.75, 3.05) is 54.4 Å². The highest BCUT2D eigenvalue weighted by Crippen LogP contribution is 1.86. The van der Waals surface area contributed by atoms with Crippen LogP contribution in [0.2, 0.25) is 0 Å². The first-order chi connectivity index (χ1) is 10.7. The number of nitrogens with zero attached hydrogens (tertiary/aromatic N) is 2. The molecule has 0 atom stereocenters. The van der Waals surface area contributed by atoms with Crippen molar-refractivity contribution in [1.29, 1.82) is 0 Å². The van der Waals surface area contributed by atoms with Gasteiger partial charge in [0.2, 0.25) is 11.8 Å². The van der Waals surface area contributed by atoms with Gasteiger partial charge in [-0.15, -0.1) is 0 Å². The molecule has 6 nitrogen and oxygen atoms in total. The Morgan fingerprint density at radius 2 is 1.39 bits per heavy atom. The Morgan fingerprint density at radius 3 is 1.74 bits per heavy atom. The van der Waals surface area contributed by atoms with E-state index in [1.165, 1.54) is 6.08 Å². The second kappa shape index (κ2) is 15.2. The number of carbonyl (C=O) groups excluding carboxylic acids is 2. The summed E-state index contributed by atoms with van der Waals surface area (Å²) in [6.07, 6.45) is 3.24. The average molecular weight is 326 g/mol. The van der Waals surface area contributed by atoms with E-state index in [4.69, 9.17) is 0 Å². The molecule has 0 bridgehead atoms. The van der Waals surface area contributed by atoms with Crippen molar-refractivity contribution in [2.24, 2.45) is 0 Å². The second-order valence-corrected chi connectivity index (χ2v) is 5.85. The van der Waals surface area contributed by atoms with Crippen LogP contribution in [0.5, 0.6) is 0 Å². The van der Waals surface area contributed by atoms with Gasteiger partial charge < -0.3 is 20.4 Å². The molecule has 0 aliphatic heterocycles. The molecule has 2 amide bonds. The highest BCUT2D eigenvalue weighted by Gasteiger charge is 1.99. The van der Waals surface area contributed by atoms with Gasteiger partial charge in [-0.05, 0) is 67.1 Å². The van der Waals surface area contributed by atoms with E-state index in [9.17, 15) is 9.59 Å². The molecule has 0 saturated carbocycles. The first-order valence-electron chi connectivity index (χ1n) is 7.84. The Balaban J connectivity index is 0. The Labute approximate surface area is 141 Å². The highest BCUT2D eigenvalue weighted by atomic mass is 16.2. The monoisotopic (exact) mass is 326 g/mol. The summed E-state index contributed by atoms with van der Waals surface area (Å²) < 4.78 is 0. The lowest BCUT2D eigenvalue weighted by Crippen LogP contribution is -2.27. The van der Waals surface area contributed by atoms with Gasteiger partial charge >= 0.3 is 0 Å². The van der Waals surface area contributed by atoms with Crippen LogP contribution >= 0.6 is 0 Å². The number of rotatable bonds is 10. The van der Waals surface area contributed by atoms with Crippen molar-refractivity contribution in [1.82, 2.24) is 20.4 Å². The first-order valence-corrected chi connectivity index (χ1v) is 7.84. The summed E-state index contributed by atoms with van der Waals surface area (Å²) in [7, 11) is 8.05. The van der Waals surface area contributed by atoms with Crippen molar-refractivity contribution in [3.63, 3.8) is 0 Å². The topological polar surface area (TPSA) is 64.7 Å². The smallest absolute Gasteiger partial charge is 0.246 e. The van der Waals surface area contributed by atoms with Gasteiger partial charge in [-0.25, -0.2) is 0 Å². The highest BCUT2D eigenvalue weighted by molar-refractivity contribution is 5.92. The minimum Gasteiger partial charge on any atom is -0.353 e. The molecule has 0 rings (SSSR count). The van der Waals surface area contributed by atoms with Gasteiger partial charge in [-0.3, -0.25) is 9.59 Å². The fourth-order valence-electron chi connectivity index (χ4n) is 1.43. The molecule has 0 heterocycles. The molecule has 6 heteroatoms. The third-order valence-corrected chi connectivity index (χ3v) is 2.72. The molecule has 0 aromatic carbocycles. The van der Waals surface area contributed by atoms with E-state index < -0.39 is 0 Å². The summed E-state index contributed by atoms with van der Waals surface area (Å²) in [5.74, 6) is -0.141. The fourth-order valence-corrected chi connectivity index (χ4v) is 1.43. The minimum absolute atomic E-state index is 0.0474. The standard InChI is InChI=1S/C9H18N2O.C8H16N2O/c1-8(2)9(12)10-6-5-7-11(3)4;1-4-8(11)9-6-5-7-10(2)3/h1,5-7H2,2-4H3,(H,10,12);4H,1,5-7H2,2-3H3,(H,9,11). The predicted octanol–water partition coefficient (Wildman–Crippen LogP) is 0.871. The van der Waals surface area contributed by atoms with Gasteiger partial charge in [-0.2, -0.15) is 0 Å². The summed E-state index contributed by atoms with van der Waals surface area (Å²) in [5, 5.41) is 5.48. The summed E-state index contributed by atoms with van der Waals surface area (Å²) in [5.41, 5.74) is 0.569. The van der Waals surface area contributed by atoms with E-state index in [2.05, 4.69) is 33.6 Å². The molecule has 23 heavy (non-hydrogen) atoms. The van der Waals surface area contributed by atoms with E-state index in [1.54, 1.807) is 6.92 Å². The maximum atomic E-state index is 11.0. The van der Waals surface area contributed by atoms with Crippen LogP contribution in [0.15, 0.2) is 24.8 Å². The van der Waals surface area contributed by atoms with E-state index in [1.807, 2.05) is 28.2 Å². The molecule has 2 N–H and O–H groups in total. The number of hydrogen-bond donors (Lipinski definition) is 2. The van der Waals surface area contributed by atoms with Crippen LogP contribution in [0.3, 0.4) is 0 Å². The molecule has 134 valence electrons. The second-order valence-electron chi connectivity index (χ2n) is 5.85. The quantitative estimate of drug-likeness (QED) is 0.462. The Kier molecular flexibility index (Phi) is 15.6. The van der Waals surface area contributed by atoms with Crippen LogP contribution in [0.1, 0.15) is 19.8 Å². The van der Waals surface area contributed by atoms with Crippen molar-refractivity contribution in [3.05, 3.63) is 24.8 Å². The van der Waals surface area contributed by atoms with Gasteiger partial charge in [0.1, 0.15) is 0 Å². The Bertz CT molecular complexity index is 366. The Morgan fingerprint density at radius 1 is 0.957 bits per heavy atom. The Hall–Kier alpha value is -1.66. The fraction of sp³-hybridized carbons (Fsp3) is 0.647. The van der Waals surface area contributed by atoms with Crippen LogP contribution < -0.4 is 10.6 Å². The maximum Gasteiger partial charge on any atom is 0.246 e. The van der Waals surface area contributed by atoms with Crippen LogP contribution in [-0.4, -0.2) is 76.0 Å². The summed E-state index contributed by atoms with van der Waals surface area (Å²) in [6.45, 7) is 12.1. The third-order valence-electron chi connectivity index (χ3n) is 2.72. The van der Waals surface area contributed by atoms with E-state index in [0.717, 1.165) is 39.0 Å². The molecular weight excluding hydrogens is 292 g/mol. The van der Waals surface area contributed by atoms with Gasteiger partial charge in [0.15, 0.2) is 0 Å². The van der Waals surface area contributed by atoms with E-state index in [0.29, 0.717) is 5.57 Å². The molecule has 0 unspecified atom stereocenters. The zero-order chi connectivity index (χ0) is 18.3. The zero-order valence-corrected chi connectivity index (χ0v) is 15.4. The lowest BCUT2D eigenvalue weighted by atomic mass is 10.3. The van der Waals surface area contributed by atoms with E-state index >= 15 is 0 Å². The molecule has 0 aliphatic carbocycles. The molecule has 0 saturated heterocycles. The molecule has 0 radical (unpaired) electrons. The van der Waals surface area contributed by atoms with Crippen molar-refractivity contribution in [3.8, 4) is 0 Å². The van der Waals surface area contributed by atoms with Crippen molar-refractivity contribution < 1.29 is 9.59 Å². The maximum absolute atomic E-state index is 11.0. The first kappa shape index (κ1) is 23.6. The molecule has 0 aromatic heterocycles. The predicted molar refractivity (Wildman–Crippen MR) is 97.4 cm³/mol. The number of hydrogen-bond acceptors (Lipinski definition) is 4. The van der Waals surface area contributed by atoms with Gasteiger partial charge in [-0.1, -0.05) is 13.2 Å². The molecular formula is C17H34N4O2. The van der Waals surface area contributed by atoms with Crippen LogP contribution in [-0.2, 0) is 9.59 Å². The van der Waals surface area contributed by atoms with Crippen LogP contribution in [0.4, 0.5) is 0 Å². The zero-order valence-electron chi connectivity index (χ0n) is 15.4. The largest absolute Gasteiger partial charge is 0.353 e. The number of nitrogens with one attached hydrogen (secondary N) is 2. The number of carbonyl (C=O) groups is 2. The third kappa shape index (κ3) is 20.3. The van der Waals surface area contributed by atoms with Crippen LogP contribution in [0, 0.1) is 0 Å². The minimum atomic E-state index is -0.0937. The normalized spacial score (nSPS) is 9.87. The van der Waals surface area contributed by atoms with Crippen molar-refractivity contribution >= 4 is 11.8 Å². The lowest BCUT2D eigenvalue weighted by molar-refractivity contribution is -0.117. The lowest BCUT2D eigenvalue weighted by Gasteiger charge is -2.09. The SMILES string of the molecule is C=C(C)C(=O)NCCCN(C)C.C=CC(=O)NCCCN(C)C. The average Bonchev–Trinajstić information content (AvgIpc) is 2.47. The summed E-state index contributed by atoms with van der Waals surface area (Å²) >= 11 is 0. The van der Waals surface area contributed by atoms with Gasteiger partial charge in [0, 0.05) is 18.7 Å².